The van der Waals surface area contributed by atoms with Crippen molar-refractivity contribution in [2.75, 3.05) is 13.1 Å². The highest BCUT2D eigenvalue weighted by Crippen LogP contribution is 2.29. The molecule has 2 fully saturated rings. The van der Waals surface area contributed by atoms with Crippen molar-refractivity contribution in [3.05, 3.63) is 23.8 Å². The van der Waals surface area contributed by atoms with Crippen molar-refractivity contribution in [1.82, 2.24) is 10.2 Å². The van der Waals surface area contributed by atoms with Gasteiger partial charge in [-0.3, -0.25) is 4.90 Å². The molecular formula is C14H20N2O2. The second kappa shape index (κ2) is 4.78. The Balaban J connectivity index is 1.59. The van der Waals surface area contributed by atoms with E-state index in [9.17, 15) is 10.2 Å². The first-order valence-electron chi connectivity index (χ1n) is 6.72. The normalized spacial score (nSPS) is 27.6. The van der Waals surface area contributed by atoms with E-state index < -0.39 is 0 Å². The van der Waals surface area contributed by atoms with E-state index in [1.807, 2.05) is 6.07 Å². The topological polar surface area (TPSA) is 55.7 Å². The zero-order valence-corrected chi connectivity index (χ0v) is 10.5. The Morgan fingerprint density at radius 2 is 2.06 bits per heavy atom. The predicted octanol–water partition coefficient (Wildman–Crippen LogP) is 1.42. The summed E-state index contributed by atoms with van der Waals surface area (Å²) >= 11 is 0. The number of hydrogen-bond acceptors (Lipinski definition) is 4. The van der Waals surface area contributed by atoms with Gasteiger partial charge < -0.3 is 15.5 Å². The van der Waals surface area contributed by atoms with Gasteiger partial charge in [0.1, 0.15) is 0 Å². The number of benzene rings is 1. The summed E-state index contributed by atoms with van der Waals surface area (Å²) in [5.74, 6) is -0.0928. The fourth-order valence-electron chi connectivity index (χ4n) is 3.25. The molecule has 98 valence electrons. The average molecular weight is 248 g/mol. The van der Waals surface area contributed by atoms with Crippen LogP contribution in [-0.2, 0) is 6.54 Å². The van der Waals surface area contributed by atoms with Crippen molar-refractivity contribution in [3.63, 3.8) is 0 Å². The van der Waals surface area contributed by atoms with Gasteiger partial charge in [-0.1, -0.05) is 6.07 Å². The molecule has 0 aliphatic carbocycles. The van der Waals surface area contributed by atoms with Crippen molar-refractivity contribution in [2.24, 2.45) is 0 Å². The lowest BCUT2D eigenvalue weighted by Crippen LogP contribution is -2.38. The third-order valence-corrected chi connectivity index (χ3v) is 4.21. The summed E-state index contributed by atoms with van der Waals surface area (Å²) in [4.78, 5) is 2.58. The zero-order valence-electron chi connectivity index (χ0n) is 10.5. The highest BCUT2D eigenvalue weighted by Gasteiger charge is 2.36. The van der Waals surface area contributed by atoms with Crippen LogP contribution < -0.4 is 5.32 Å². The summed E-state index contributed by atoms with van der Waals surface area (Å²) < 4.78 is 0. The molecule has 0 saturated carbocycles. The maximum atomic E-state index is 9.46. The Bertz CT molecular complexity index is 436. The van der Waals surface area contributed by atoms with Crippen molar-refractivity contribution in [2.45, 2.75) is 37.9 Å². The first-order valence-corrected chi connectivity index (χ1v) is 6.72. The maximum absolute atomic E-state index is 9.46. The molecule has 3 rings (SSSR count). The lowest BCUT2D eigenvalue weighted by atomic mass is 10.1. The van der Waals surface area contributed by atoms with Crippen LogP contribution in [0.1, 0.15) is 24.8 Å². The maximum Gasteiger partial charge on any atom is 0.157 e. The monoisotopic (exact) mass is 248 g/mol. The van der Waals surface area contributed by atoms with Crippen LogP contribution in [0.4, 0.5) is 0 Å². The molecule has 0 spiro atoms. The second-order valence-electron chi connectivity index (χ2n) is 5.34. The summed E-state index contributed by atoms with van der Waals surface area (Å²) in [5.41, 5.74) is 1.02. The van der Waals surface area contributed by atoms with Crippen LogP contribution in [0, 0.1) is 0 Å². The summed E-state index contributed by atoms with van der Waals surface area (Å²) in [5, 5.41) is 22.3. The molecule has 1 aromatic carbocycles. The van der Waals surface area contributed by atoms with Crippen molar-refractivity contribution in [3.8, 4) is 11.5 Å². The van der Waals surface area contributed by atoms with E-state index in [0.29, 0.717) is 12.1 Å². The lowest BCUT2D eigenvalue weighted by molar-refractivity contribution is 0.298. The zero-order chi connectivity index (χ0) is 12.5. The molecule has 0 amide bonds. The SMILES string of the molecule is Oc1ccc(CNC2CCN3CCCC23)cc1O. The standard InChI is InChI=1S/C14H20N2O2/c17-13-4-3-10(8-14(13)18)9-15-11-5-7-16-6-1-2-12(11)16/h3-4,8,11-12,15,17-18H,1-2,5-7,9H2. The molecule has 1 aromatic rings. The Morgan fingerprint density at radius 3 is 2.89 bits per heavy atom. The molecule has 2 aliphatic heterocycles. The number of phenolic OH excluding ortho intramolecular Hbond substituents is 2. The molecule has 2 heterocycles. The Labute approximate surface area is 107 Å². The van der Waals surface area contributed by atoms with Crippen molar-refractivity contribution < 1.29 is 10.2 Å². The molecule has 4 heteroatoms. The van der Waals surface area contributed by atoms with Crippen LogP contribution in [0.5, 0.6) is 11.5 Å². The first-order chi connectivity index (χ1) is 8.74. The van der Waals surface area contributed by atoms with Gasteiger partial charge in [0.2, 0.25) is 0 Å². The van der Waals surface area contributed by atoms with Gasteiger partial charge in [-0.25, -0.2) is 0 Å². The number of nitrogens with one attached hydrogen (secondary N) is 1. The fraction of sp³-hybridized carbons (Fsp3) is 0.571. The van der Waals surface area contributed by atoms with E-state index in [1.165, 1.54) is 32.4 Å². The van der Waals surface area contributed by atoms with E-state index in [2.05, 4.69) is 10.2 Å². The smallest absolute Gasteiger partial charge is 0.157 e. The van der Waals surface area contributed by atoms with Crippen LogP contribution in [0.25, 0.3) is 0 Å². The van der Waals surface area contributed by atoms with E-state index in [4.69, 9.17) is 0 Å². The Kier molecular flexibility index (Phi) is 3.14. The predicted molar refractivity (Wildman–Crippen MR) is 69.6 cm³/mol. The van der Waals surface area contributed by atoms with Crippen molar-refractivity contribution >= 4 is 0 Å². The summed E-state index contributed by atoms with van der Waals surface area (Å²) in [6.45, 7) is 3.22. The van der Waals surface area contributed by atoms with Gasteiger partial charge in [0.15, 0.2) is 11.5 Å². The minimum Gasteiger partial charge on any atom is -0.504 e. The van der Waals surface area contributed by atoms with E-state index in [-0.39, 0.29) is 11.5 Å². The molecule has 4 nitrogen and oxygen atoms in total. The molecule has 2 saturated heterocycles. The number of fused-ring (bicyclic) bond motifs is 1. The Hall–Kier alpha value is -1.26. The molecule has 0 bridgehead atoms. The van der Waals surface area contributed by atoms with Crippen LogP contribution >= 0.6 is 0 Å². The van der Waals surface area contributed by atoms with Gasteiger partial charge in [0.05, 0.1) is 0 Å². The number of aromatic hydroxyl groups is 2. The number of nitrogens with zero attached hydrogens (tertiary/aromatic N) is 1. The molecule has 3 N–H and O–H groups in total. The quantitative estimate of drug-likeness (QED) is 0.708. The largest absolute Gasteiger partial charge is 0.504 e. The minimum absolute atomic E-state index is 0.0387. The van der Waals surface area contributed by atoms with Crippen LogP contribution in [0.15, 0.2) is 18.2 Å². The van der Waals surface area contributed by atoms with Gasteiger partial charge in [-0.15, -0.1) is 0 Å². The Morgan fingerprint density at radius 1 is 1.17 bits per heavy atom. The highest BCUT2D eigenvalue weighted by atomic mass is 16.3. The van der Waals surface area contributed by atoms with E-state index in [0.717, 1.165) is 12.1 Å². The van der Waals surface area contributed by atoms with Gasteiger partial charge in [-0.2, -0.15) is 0 Å². The van der Waals surface area contributed by atoms with E-state index >= 15 is 0 Å². The average Bonchev–Trinajstić information content (AvgIpc) is 2.94. The first kappa shape index (κ1) is 11.8. The molecular weight excluding hydrogens is 228 g/mol. The van der Waals surface area contributed by atoms with E-state index in [1.54, 1.807) is 12.1 Å². The molecule has 0 radical (unpaired) electrons. The second-order valence-corrected chi connectivity index (χ2v) is 5.34. The van der Waals surface area contributed by atoms with Crippen LogP contribution in [0.2, 0.25) is 0 Å². The lowest BCUT2D eigenvalue weighted by Gasteiger charge is -2.21. The number of hydrogen-bond donors (Lipinski definition) is 3. The van der Waals surface area contributed by atoms with Gasteiger partial charge in [-0.05, 0) is 43.5 Å². The summed E-state index contributed by atoms with van der Waals surface area (Å²) in [7, 11) is 0. The van der Waals surface area contributed by atoms with Crippen LogP contribution in [-0.4, -0.2) is 40.3 Å². The molecule has 0 aromatic heterocycles. The highest BCUT2D eigenvalue weighted by molar-refractivity contribution is 5.40. The minimum atomic E-state index is -0.0541. The molecule has 2 atom stereocenters. The third-order valence-electron chi connectivity index (χ3n) is 4.21. The molecule has 2 aliphatic rings. The van der Waals surface area contributed by atoms with Gasteiger partial charge in [0, 0.05) is 25.2 Å². The van der Waals surface area contributed by atoms with Crippen LogP contribution in [0.3, 0.4) is 0 Å². The number of rotatable bonds is 3. The third kappa shape index (κ3) is 2.18. The summed E-state index contributed by atoms with van der Waals surface area (Å²) in [6.07, 6.45) is 3.84. The fourth-order valence-corrected chi connectivity index (χ4v) is 3.25. The van der Waals surface area contributed by atoms with Gasteiger partial charge >= 0.3 is 0 Å². The van der Waals surface area contributed by atoms with Gasteiger partial charge in [0.25, 0.3) is 0 Å². The molecule has 18 heavy (non-hydrogen) atoms. The number of phenols is 2. The van der Waals surface area contributed by atoms with Crippen molar-refractivity contribution in [1.29, 1.82) is 0 Å². The molecule has 2 unspecified atom stereocenters. The summed E-state index contributed by atoms with van der Waals surface area (Å²) in [6, 6.07) is 6.30.